The zero-order valence-electron chi connectivity index (χ0n) is 25.4. The van der Waals surface area contributed by atoms with E-state index in [2.05, 4.69) is 5.32 Å². The predicted molar refractivity (Wildman–Crippen MR) is 166 cm³/mol. The van der Waals surface area contributed by atoms with Crippen LogP contribution in [0.15, 0.2) is 66.7 Å². The fourth-order valence-electron chi connectivity index (χ4n) is 6.25. The molecule has 1 aliphatic heterocycles. The zero-order chi connectivity index (χ0) is 30.7. The Kier molecular flexibility index (Phi) is 8.81. The Labute approximate surface area is 253 Å². The number of ether oxygens (including phenoxy) is 1. The normalized spacial score (nSPS) is 15.9. The van der Waals surface area contributed by atoms with E-state index < -0.39 is 5.60 Å². The first kappa shape index (κ1) is 30.2. The highest BCUT2D eigenvalue weighted by Crippen LogP contribution is 2.39. The molecule has 5 rings (SSSR count). The van der Waals surface area contributed by atoms with Gasteiger partial charge in [0.2, 0.25) is 5.91 Å². The van der Waals surface area contributed by atoms with Gasteiger partial charge in [-0.15, -0.1) is 0 Å². The summed E-state index contributed by atoms with van der Waals surface area (Å²) in [5, 5.41) is 3.19. The second-order valence-electron chi connectivity index (χ2n) is 12.7. The van der Waals surface area contributed by atoms with E-state index >= 15 is 0 Å². The summed E-state index contributed by atoms with van der Waals surface area (Å²) in [6.45, 7) is 7.72. The van der Waals surface area contributed by atoms with Gasteiger partial charge in [0.1, 0.15) is 5.60 Å². The van der Waals surface area contributed by atoms with Gasteiger partial charge in [0.05, 0.1) is 23.6 Å². The molecule has 1 fully saturated rings. The van der Waals surface area contributed by atoms with E-state index in [9.17, 15) is 19.2 Å². The molecule has 43 heavy (non-hydrogen) atoms. The highest BCUT2D eigenvalue weighted by atomic mass is 16.6. The minimum Gasteiger partial charge on any atom is -0.460 e. The van der Waals surface area contributed by atoms with Crippen molar-refractivity contribution in [1.29, 1.82) is 0 Å². The van der Waals surface area contributed by atoms with Crippen molar-refractivity contribution in [2.24, 2.45) is 5.92 Å². The minimum absolute atomic E-state index is 0.0487. The SMILES string of the molecule is Cc1c(CCC(=O)OC(C)(C)C)cccc1NC(=O)C(c1ccc(CN2C(=O)c3ccccc3C2=O)cc1)C1CCCC1. The van der Waals surface area contributed by atoms with Gasteiger partial charge < -0.3 is 10.1 Å². The molecule has 3 aromatic carbocycles. The molecule has 1 unspecified atom stereocenters. The third-order valence-corrected chi connectivity index (χ3v) is 8.43. The van der Waals surface area contributed by atoms with Crippen LogP contribution in [0.25, 0.3) is 0 Å². The molecule has 7 nitrogen and oxygen atoms in total. The summed E-state index contributed by atoms with van der Waals surface area (Å²) in [5.41, 5.74) is 4.80. The van der Waals surface area contributed by atoms with Crippen LogP contribution >= 0.6 is 0 Å². The molecule has 3 amide bonds. The van der Waals surface area contributed by atoms with Gasteiger partial charge in [-0.2, -0.15) is 0 Å². The van der Waals surface area contributed by atoms with Gasteiger partial charge >= 0.3 is 5.97 Å². The lowest BCUT2D eigenvalue weighted by Crippen LogP contribution is -2.29. The maximum absolute atomic E-state index is 13.9. The highest BCUT2D eigenvalue weighted by molar-refractivity contribution is 6.21. The molecule has 2 aliphatic rings. The topological polar surface area (TPSA) is 92.8 Å². The standard InChI is InChI=1S/C36H40N2O5/c1-23-25(20-21-31(39)43-36(2,3)4)12-9-15-30(23)37-33(40)32(26-10-5-6-11-26)27-18-16-24(17-19-27)22-38-34(41)28-13-7-8-14-29(28)35(38)42/h7-9,12-19,26,32H,5-6,10-11,20-22H2,1-4H3,(H,37,40). The number of imide groups is 1. The number of esters is 1. The molecule has 0 aromatic heterocycles. The minimum atomic E-state index is -0.524. The maximum Gasteiger partial charge on any atom is 0.306 e. The number of anilines is 1. The van der Waals surface area contributed by atoms with Crippen molar-refractivity contribution >= 4 is 29.4 Å². The van der Waals surface area contributed by atoms with Gasteiger partial charge in [-0.05, 0) is 93.3 Å². The van der Waals surface area contributed by atoms with Crippen LogP contribution in [0.5, 0.6) is 0 Å². The van der Waals surface area contributed by atoms with E-state index in [1.54, 1.807) is 24.3 Å². The average molecular weight is 581 g/mol. The number of carbonyl (C=O) groups is 4. The number of hydrogen-bond acceptors (Lipinski definition) is 5. The van der Waals surface area contributed by atoms with Crippen LogP contribution < -0.4 is 5.32 Å². The van der Waals surface area contributed by atoms with Crippen molar-refractivity contribution in [2.75, 3.05) is 5.32 Å². The summed E-state index contributed by atoms with van der Waals surface area (Å²) in [6, 6.07) is 20.4. The van der Waals surface area contributed by atoms with Gasteiger partial charge in [-0.3, -0.25) is 24.1 Å². The molecule has 0 saturated heterocycles. The van der Waals surface area contributed by atoms with Crippen LogP contribution in [-0.2, 0) is 27.3 Å². The van der Waals surface area contributed by atoms with E-state index in [-0.39, 0.29) is 48.5 Å². The largest absolute Gasteiger partial charge is 0.460 e. The molecule has 7 heteroatoms. The number of rotatable bonds is 9. The summed E-state index contributed by atoms with van der Waals surface area (Å²) in [4.78, 5) is 53.1. The summed E-state index contributed by atoms with van der Waals surface area (Å²) in [5.74, 6) is -0.937. The molecule has 0 bridgehead atoms. The van der Waals surface area contributed by atoms with E-state index in [0.29, 0.717) is 17.5 Å². The predicted octanol–water partition coefficient (Wildman–Crippen LogP) is 6.98. The van der Waals surface area contributed by atoms with Crippen LogP contribution in [0, 0.1) is 12.8 Å². The van der Waals surface area contributed by atoms with Crippen molar-refractivity contribution in [3.8, 4) is 0 Å². The summed E-state index contributed by atoms with van der Waals surface area (Å²) >= 11 is 0. The van der Waals surface area contributed by atoms with Gasteiger partial charge in [0, 0.05) is 12.1 Å². The lowest BCUT2D eigenvalue weighted by molar-refractivity contribution is -0.154. The fourth-order valence-corrected chi connectivity index (χ4v) is 6.25. The molecule has 1 heterocycles. The number of amides is 3. The van der Waals surface area contributed by atoms with Gasteiger partial charge in [-0.25, -0.2) is 0 Å². The van der Waals surface area contributed by atoms with Crippen molar-refractivity contribution in [1.82, 2.24) is 4.90 Å². The number of aryl methyl sites for hydroxylation is 1. The molecule has 1 N–H and O–H groups in total. The molecule has 1 atom stereocenters. The Morgan fingerprint density at radius 3 is 2.14 bits per heavy atom. The van der Waals surface area contributed by atoms with Crippen LogP contribution in [-0.4, -0.2) is 34.2 Å². The van der Waals surface area contributed by atoms with Crippen LogP contribution in [0.4, 0.5) is 5.69 Å². The van der Waals surface area contributed by atoms with E-state index in [1.807, 2.05) is 70.2 Å². The van der Waals surface area contributed by atoms with Gasteiger partial charge in [0.25, 0.3) is 11.8 Å². The van der Waals surface area contributed by atoms with Crippen LogP contribution in [0.3, 0.4) is 0 Å². The zero-order valence-corrected chi connectivity index (χ0v) is 25.4. The first-order chi connectivity index (χ1) is 20.5. The first-order valence-electron chi connectivity index (χ1n) is 15.2. The maximum atomic E-state index is 13.9. The Bertz CT molecular complexity index is 1490. The molecule has 1 saturated carbocycles. The Hall–Kier alpha value is -4.26. The quantitative estimate of drug-likeness (QED) is 0.218. The summed E-state index contributed by atoms with van der Waals surface area (Å²) in [6.07, 6.45) is 4.99. The number of nitrogens with one attached hydrogen (secondary N) is 1. The van der Waals surface area contributed by atoms with Crippen molar-refractivity contribution in [3.05, 3.63) is 100 Å². The molecule has 0 spiro atoms. The van der Waals surface area contributed by atoms with Gasteiger partial charge in [0.15, 0.2) is 0 Å². The highest BCUT2D eigenvalue weighted by Gasteiger charge is 2.36. The lowest BCUT2D eigenvalue weighted by atomic mass is 9.83. The van der Waals surface area contributed by atoms with Gasteiger partial charge in [-0.1, -0.05) is 61.4 Å². The number of benzene rings is 3. The Morgan fingerprint density at radius 1 is 0.907 bits per heavy atom. The molecule has 3 aromatic rings. The summed E-state index contributed by atoms with van der Waals surface area (Å²) < 4.78 is 5.46. The number of nitrogens with zero attached hydrogens (tertiary/aromatic N) is 1. The second kappa shape index (κ2) is 12.5. The van der Waals surface area contributed by atoms with E-state index in [4.69, 9.17) is 4.74 Å². The number of hydrogen-bond donors (Lipinski definition) is 1. The van der Waals surface area contributed by atoms with Crippen molar-refractivity contribution in [2.45, 2.75) is 84.3 Å². The molecule has 1 aliphatic carbocycles. The molecular weight excluding hydrogens is 540 g/mol. The van der Waals surface area contributed by atoms with Crippen molar-refractivity contribution < 1.29 is 23.9 Å². The van der Waals surface area contributed by atoms with Crippen LogP contribution in [0.2, 0.25) is 0 Å². The lowest BCUT2D eigenvalue weighted by Gasteiger charge is -2.24. The third-order valence-electron chi connectivity index (χ3n) is 8.43. The van der Waals surface area contributed by atoms with E-state index in [0.717, 1.165) is 53.6 Å². The Morgan fingerprint density at radius 2 is 1.53 bits per heavy atom. The Balaban J connectivity index is 1.29. The number of carbonyl (C=O) groups excluding carboxylic acids is 4. The smallest absolute Gasteiger partial charge is 0.306 e. The average Bonchev–Trinajstić information content (AvgIpc) is 3.57. The summed E-state index contributed by atoms with van der Waals surface area (Å²) in [7, 11) is 0. The van der Waals surface area contributed by atoms with E-state index in [1.165, 1.54) is 4.90 Å². The first-order valence-corrected chi connectivity index (χ1v) is 15.2. The van der Waals surface area contributed by atoms with Crippen molar-refractivity contribution in [3.63, 3.8) is 0 Å². The molecule has 0 radical (unpaired) electrons. The number of fused-ring (bicyclic) bond motifs is 1. The third kappa shape index (κ3) is 6.87. The second-order valence-corrected chi connectivity index (χ2v) is 12.7. The molecule has 224 valence electrons. The van der Waals surface area contributed by atoms with Crippen LogP contribution in [0.1, 0.15) is 102 Å². The monoisotopic (exact) mass is 580 g/mol. The fraction of sp³-hybridized carbons (Fsp3) is 0.389. The molecular formula is C36H40N2O5.